The molecule has 1 saturated heterocycles. The van der Waals surface area contributed by atoms with E-state index in [1.807, 2.05) is 25.2 Å². The monoisotopic (exact) mass is 626 g/mol. The molecule has 13 heteroatoms. The highest BCUT2D eigenvalue weighted by atomic mass is 35.5. The van der Waals surface area contributed by atoms with Gasteiger partial charge in [-0.05, 0) is 62.3 Å². The number of hydrogen-bond donors (Lipinski definition) is 4. The SMILES string of the molecule is CNCCCCCC(c1cccc(N2C(=O)CNCC2C=O)c1)n1cnc(-c2cc(Cl)ccc2N(N)/C=C(\N)Cl)cc1=O. The molecule has 0 aliphatic carbocycles. The molecule has 6 N–H and O–H groups in total. The lowest BCUT2D eigenvalue weighted by molar-refractivity contribution is -0.121. The van der Waals surface area contributed by atoms with Crippen LogP contribution in [0.2, 0.25) is 5.02 Å². The van der Waals surface area contributed by atoms with Gasteiger partial charge in [-0.1, -0.05) is 48.2 Å². The minimum Gasteiger partial charge on any atom is -0.388 e. The Labute approximate surface area is 260 Å². The first-order valence-electron chi connectivity index (χ1n) is 14.0. The van der Waals surface area contributed by atoms with Crippen molar-refractivity contribution >= 4 is 46.8 Å². The van der Waals surface area contributed by atoms with E-state index < -0.39 is 6.04 Å². The van der Waals surface area contributed by atoms with Gasteiger partial charge < -0.3 is 21.2 Å². The van der Waals surface area contributed by atoms with Crippen molar-refractivity contribution in [3.05, 3.63) is 87.2 Å². The number of carbonyl (C=O) groups excluding carboxylic acids is 2. The van der Waals surface area contributed by atoms with E-state index in [-0.39, 0.29) is 29.2 Å². The van der Waals surface area contributed by atoms with Crippen LogP contribution in [-0.4, -0.2) is 54.5 Å². The number of halogens is 2. The predicted octanol–water partition coefficient (Wildman–Crippen LogP) is 3.11. The van der Waals surface area contributed by atoms with Gasteiger partial charge in [0.25, 0.3) is 5.56 Å². The Morgan fingerprint density at radius 1 is 1.21 bits per heavy atom. The van der Waals surface area contributed by atoms with Gasteiger partial charge in [0, 0.05) is 28.9 Å². The Morgan fingerprint density at radius 2 is 2.02 bits per heavy atom. The van der Waals surface area contributed by atoms with Crippen LogP contribution < -0.4 is 37.7 Å². The van der Waals surface area contributed by atoms with Gasteiger partial charge in [-0.15, -0.1) is 0 Å². The zero-order valence-electron chi connectivity index (χ0n) is 23.9. The minimum atomic E-state index is -0.613. The van der Waals surface area contributed by atoms with Crippen molar-refractivity contribution in [2.45, 2.75) is 37.8 Å². The highest BCUT2D eigenvalue weighted by molar-refractivity contribution is 6.31. The lowest BCUT2D eigenvalue weighted by atomic mass is 9.98. The number of piperazine rings is 1. The molecule has 2 heterocycles. The van der Waals surface area contributed by atoms with Gasteiger partial charge >= 0.3 is 0 Å². The molecule has 2 aromatic carbocycles. The summed E-state index contributed by atoms with van der Waals surface area (Å²) in [7, 11) is 1.92. The van der Waals surface area contributed by atoms with E-state index in [1.165, 1.54) is 28.5 Å². The summed E-state index contributed by atoms with van der Waals surface area (Å²) in [5.74, 6) is 5.96. The normalized spacial score (nSPS) is 16.3. The largest absolute Gasteiger partial charge is 0.388 e. The fraction of sp³-hybridized carbons (Fsp3) is 0.333. The standard InChI is InChI=1S/C30H36Cl2N8O3/c1-35-11-4-2-3-8-26(20-6-5-7-22(12-20)40-23(18-41)15-36-16-30(40)43)38-19-37-25(14-29(38)42)24-13-21(31)9-10-27(24)39(34)17-28(32)33/h5-7,9-10,12-14,17-19,23,26,35-36H,2-4,8,11,15-16,33-34H2,1H3/b28-17-. The van der Waals surface area contributed by atoms with Crippen LogP contribution in [0.1, 0.15) is 37.3 Å². The van der Waals surface area contributed by atoms with Crippen LogP contribution in [-0.2, 0) is 9.59 Å². The molecule has 0 saturated carbocycles. The van der Waals surface area contributed by atoms with Crippen LogP contribution in [0.15, 0.2) is 71.0 Å². The van der Waals surface area contributed by atoms with Crippen molar-refractivity contribution in [3.8, 4) is 11.3 Å². The van der Waals surface area contributed by atoms with Crippen LogP contribution in [0.3, 0.4) is 0 Å². The molecule has 228 valence electrons. The van der Waals surface area contributed by atoms with Gasteiger partial charge in [0.05, 0.1) is 36.5 Å². The highest BCUT2D eigenvalue weighted by Crippen LogP contribution is 2.32. The van der Waals surface area contributed by atoms with Gasteiger partial charge in [-0.3, -0.25) is 24.1 Å². The molecule has 0 radical (unpaired) electrons. The number of carbonyl (C=O) groups is 2. The number of nitrogens with two attached hydrogens (primary N) is 2. The summed E-state index contributed by atoms with van der Waals surface area (Å²) < 4.78 is 1.60. The molecule has 43 heavy (non-hydrogen) atoms. The Bertz CT molecular complexity index is 1530. The summed E-state index contributed by atoms with van der Waals surface area (Å²) >= 11 is 12.1. The Kier molecular flexibility index (Phi) is 11.3. The molecule has 2 atom stereocenters. The molecule has 2 unspecified atom stereocenters. The van der Waals surface area contributed by atoms with Crippen molar-refractivity contribution in [1.29, 1.82) is 0 Å². The second kappa shape index (κ2) is 15.1. The summed E-state index contributed by atoms with van der Waals surface area (Å²) in [5, 5.41) is 7.79. The van der Waals surface area contributed by atoms with Crippen LogP contribution >= 0.6 is 23.2 Å². The first-order valence-corrected chi connectivity index (χ1v) is 14.8. The second-order valence-electron chi connectivity index (χ2n) is 10.3. The molecule has 0 spiro atoms. The molecular weight excluding hydrogens is 591 g/mol. The lowest BCUT2D eigenvalue weighted by Gasteiger charge is -2.33. The Morgan fingerprint density at radius 3 is 2.74 bits per heavy atom. The summed E-state index contributed by atoms with van der Waals surface area (Å²) in [4.78, 5) is 44.4. The average Bonchev–Trinajstić information content (AvgIpc) is 2.98. The summed E-state index contributed by atoms with van der Waals surface area (Å²) in [6.45, 7) is 1.42. The molecule has 0 bridgehead atoms. The third kappa shape index (κ3) is 8.01. The fourth-order valence-electron chi connectivity index (χ4n) is 5.23. The van der Waals surface area contributed by atoms with Crippen molar-refractivity contribution < 1.29 is 9.59 Å². The van der Waals surface area contributed by atoms with E-state index in [4.69, 9.17) is 34.8 Å². The number of anilines is 2. The molecule has 3 aromatic rings. The van der Waals surface area contributed by atoms with Crippen LogP contribution in [0, 0.1) is 0 Å². The number of unbranched alkanes of at least 4 members (excludes halogenated alkanes) is 2. The number of nitrogens with zero attached hydrogens (tertiary/aromatic N) is 4. The average molecular weight is 628 g/mol. The molecule has 1 aromatic heterocycles. The van der Waals surface area contributed by atoms with Crippen molar-refractivity contribution in [1.82, 2.24) is 20.2 Å². The summed E-state index contributed by atoms with van der Waals surface area (Å²) in [6, 6.07) is 12.9. The number of amides is 1. The van der Waals surface area contributed by atoms with Crippen LogP contribution in [0.5, 0.6) is 0 Å². The third-order valence-electron chi connectivity index (χ3n) is 7.27. The maximum absolute atomic E-state index is 13.7. The maximum atomic E-state index is 13.7. The quantitative estimate of drug-likeness (QED) is 0.0737. The summed E-state index contributed by atoms with van der Waals surface area (Å²) in [5.41, 5.74) is 8.15. The molecule has 1 aliphatic heterocycles. The first-order chi connectivity index (χ1) is 20.7. The fourth-order valence-corrected chi connectivity index (χ4v) is 5.51. The smallest absolute Gasteiger partial charge is 0.254 e. The molecule has 1 aliphatic rings. The molecule has 1 fully saturated rings. The van der Waals surface area contributed by atoms with E-state index in [0.29, 0.717) is 40.6 Å². The van der Waals surface area contributed by atoms with Gasteiger partial charge in [-0.2, -0.15) is 0 Å². The van der Waals surface area contributed by atoms with Crippen LogP contribution in [0.4, 0.5) is 11.4 Å². The summed E-state index contributed by atoms with van der Waals surface area (Å²) in [6.07, 6.45) is 7.12. The number of benzene rings is 2. The topological polar surface area (TPSA) is 152 Å². The van der Waals surface area contributed by atoms with Crippen LogP contribution in [0.25, 0.3) is 11.3 Å². The number of hydrazine groups is 1. The van der Waals surface area contributed by atoms with Gasteiger partial charge in [-0.25, -0.2) is 10.8 Å². The van der Waals surface area contributed by atoms with Crippen molar-refractivity contribution in [2.24, 2.45) is 11.6 Å². The second-order valence-corrected chi connectivity index (χ2v) is 11.1. The minimum absolute atomic E-state index is 0.0199. The Hall–Kier alpha value is -3.74. The predicted molar refractivity (Wildman–Crippen MR) is 171 cm³/mol. The molecule has 1 amide bonds. The van der Waals surface area contributed by atoms with E-state index in [9.17, 15) is 14.4 Å². The van der Waals surface area contributed by atoms with Crippen molar-refractivity contribution in [3.63, 3.8) is 0 Å². The van der Waals surface area contributed by atoms with E-state index in [2.05, 4.69) is 15.6 Å². The lowest BCUT2D eigenvalue weighted by Crippen LogP contribution is -2.55. The van der Waals surface area contributed by atoms with Gasteiger partial charge in [0.2, 0.25) is 5.91 Å². The third-order valence-corrected chi connectivity index (χ3v) is 7.60. The van der Waals surface area contributed by atoms with Crippen molar-refractivity contribution in [2.75, 3.05) is 36.6 Å². The molecule has 11 nitrogen and oxygen atoms in total. The van der Waals surface area contributed by atoms with E-state index >= 15 is 0 Å². The Balaban J connectivity index is 1.73. The molecule has 4 rings (SSSR count). The number of aromatic nitrogens is 2. The molecular formula is C30H36Cl2N8O3. The number of rotatable bonds is 13. The zero-order chi connectivity index (χ0) is 30.9. The first kappa shape index (κ1) is 32.2. The van der Waals surface area contributed by atoms with E-state index in [0.717, 1.165) is 37.7 Å². The number of aldehydes is 1. The maximum Gasteiger partial charge on any atom is 0.254 e. The number of hydrogen-bond acceptors (Lipinski definition) is 9. The van der Waals surface area contributed by atoms with Gasteiger partial charge in [0.15, 0.2) is 0 Å². The number of nitrogens with one attached hydrogen (secondary N) is 2. The zero-order valence-corrected chi connectivity index (χ0v) is 25.4. The van der Waals surface area contributed by atoms with Gasteiger partial charge in [0.1, 0.15) is 17.5 Å². The van der Waals surface area contributed by atoms with E-state index in [1.54, 1.807) is 28.8 Å². The highest BCUT2D eigenvalue weighted by Gasteiger charge is 2.29.